The quantitative estimate of drug-likeness (QED) is 0.750. The van der Waals surface area contributed by atoms with Crippen LogP contribution in [0.25, 0.3) is 0 Å². The van der Waals surface area contributed by atoms with Gasteiger partial charge in [-0.1, -0.05) is 5.21 Å². The summed E-state index contributed by atoms with van der Waals surface area (Å²) in [5.41, 5.74) is 0.869. The van der Waals surface area contributed by atoms with Crippen LogP contribution in [0, 0.1) is 0 Å². The molecule has 2 aromatic heterocycles. The molecule has 7 heteroatoms. The number of aromatic nitrogens is 5. The monoisotopic (exact) mass is 207 g/mol. The van der Waals surface area contributed by atoms with Crippen LogP contribution in [0.2, 0.25) is 0 Å². The maximum absolute atomic E-state index is 10.6. The van der Waals surface area contributed by atoms with Crippen molar-refractivity contribution in [3.05, 3.63) is 30.1 Å². The number of hydrogen-bond acceptors (Lipinski definition) is 4. The Labute approximate surface area is 85.0 Å². The molecule has 0 saturated carbocycles. The maximum Gasteiger partial charge on any atom is 0.358 e. The van der Waals surface area contributed by atoms with E-state index in [0.717, 1.165) is 5.69 Å². The first-order chi connectivity index (χ1) is 7.16. The Hall–Kier alpha value is -2.18. The topological polar surface area (TPSA) is 85.8 Å². The Bertz CT molecular complexity index is 487. The summed E-state index contributed by atoms with van der Waals surface area (Å²) >= 11 is 0. The summed E-state index contributed by atoms with van der Waals surface area (Å²) in [6.45, 7) is 0.455. The average molecular weight is 207 g/mol. The van der Waals surface area contributed by atoms with Gasteiger partial charge in [-0.05, 0) is 0 Å². The lowest BCUT2D eigenvalue weighted by molar-refractivity contribution is 0.0690. The number of rotatable bonds is 3. The molecule has 0 fully saturated rings. The van der Waals surface area contributed by atoms with Gasteiger partial charge in [0.05, 0.1) is 31.0 Å². The van der Waals surface area contributed by atoms with Crippen LogP contribution in [0.15, 0.2) is 18.7 Å². The smallest absolute Gasteiger partial charge is 0.358 e. The number of hydrogen-bond donors (Lipinski definition) is 1. The first-order valence-corrected chi connectivity index (χ1v) is 4.25. The third-order valence-electron chi connectivity index (χ3n) is 2.00. The summed E-state index contributed by atoms with van der Waals surface area (Å²) in [5.74, 6) is -1.08. The van der Waals surface area contributed by atoms with E-state index in [0.29, 0.717) is 6.54 Å². The average Bonchev–Trinajstić information content (AvgIpc) is 2.77. The highest BCUT2D eigenvalue weighted by atomic mass is 16.4. The van der Waals surface area contributed by atoms with Gasteiger partial charge in [-0.25, -0.2) is 14.5 Å². The number of carboxylic acids is 1. The van der Waals surface area contributed by atoms with Gasteiger partial charge in [-0.2, -0.15) is 0 Å². The van der Waals surface area contributed by atoms with Crippen LogP contribution in [0.1, 0.15) is 16.2 Å². The minimum absolute atomic E-state index is 0.0582. The standard InChI is InChI=1S/C8H9N5O2/c1-12-5-9-2-6(12)3-13-4-7(8(14)15)10-11-13/h2,4-5H,3H2,1H3,(H,14,15). The van der Waals surface area contributed by atoms with Crippen LogP contribution in [0.3, 0.4) is 0 Å². The van der Waals surface area contributed by atoms with Gasteiger partial charge in [0.1, 0.15) is 0 Å². The predicted molar refractivity (Wildman–Crippen MR) is 49.3 cm³/mol. The van der Waals surface area contributed by atoms with Crippen molar-refractivity contribution in [1.82, 2.24) is 24.5 Å². The van der Waals surface area contributed by atoms with E-state index < -0.39 is 5.97 Å². The Balaban J connectivity index is 2.18. The van der Waals surface area contributed by atoms with Crippen LogP contribution in [-0.4, -0.2) is 35.6 Å². The third kappa shape index (κ3) is 1.85. The van der Waals surface area contributed by atoms with Crippen LogP contribution >= 0.6 is 0 Å². The summed E-state index contributed by atoms with van der Waals surface area (Å²) in [6.07, 6.45) is 4.75. The van der Waals surface area contributed by atoms with E-state index in [1.54, 1.807) is 12.5 Å². The van der Waals surface area contributed by atoms with Gasteiger partial charge < -0.3 is 9.67 Å². The molecule has 0 aliphatic carbocycles. The zero-order valence-electron chi connectivity index (χ0n) is 8.03. The van der Waals surface area contributed by atoms with Crippen LogP contribution < -0.4 is 0 Å². The molecule has 0 saturated heterocycles. The molecular weight excluding hydrogens is 198 g/mol. The first-order valence-electron chi connectivity index (χ1n) is 4.25. The van der Waals surface area contributed by atoms with Crippen molar-refractivity contribution >= 4 is 5.97 Å². The summed E-state index contributed by atoms with van der Waals surface area (Å²) in [6, 6.07) is 0. The fourth-order valence-electron chi connectivity index (χ4n) is 1.18. The Morgan fingerprint density at radius 2 is 2.40 bits per heavy atom. The zero-order chi connectivity index (χ0) is 10.8. The number of aryl methyl sites for hydroxylation is 1. The van der Waals surface area contributed by atoms with Crippen molar-refractivity contribution in [1.29, 1.82) is 0 Å². The molecule has 2 heterocycles. The molecular formula is C8H9N5O2. The fourth-order valence-corrected chi connectivity index (χ4v) is 1.18. The maximum atomic E-state index is 10.6. The summed E-state index contributed by atoms with van der Waals surface area (Å²) in [4.78, 5) is 14.5. The number of carboxylic acid groups (broad SMARTS) is 1. The molecule has 0 aromatic carbocycles. The lowest BCUT2D eigenvalue weighted by Gasteiger charge is -2.00. The van der Waals surface area contributed by atoms with Gasteiger partial charge in [-0.15, -0.1) is 5.10 Å². The summed E-state index contributed by atoms with van der Waals surface area (Å²) in [7, 11) is 1.86. The highest BCUT2D eigenvalue weighted by Crippen LogP contribution is 2.00. The Morgan fingerprint density at radius 1 is 1.60 bits per heavy atom. The van der Waals surface area contributed by atoms with Crippen LogP contribution in [0.4, 0.5) is 0 Å². The molecule has 0 aliphatic heterocycles. The van der Waals surface area contributed by atoms with Gasteiger partial charge in [0.2, 0.25) is 0 Å². The highest BCUT2D eigenvalue weighted by Gasteiger charge is 2.09. The molecule has 2 aromatic rings. The molecule has 1 N–H and O–H groups in total. The molecule has 0 aliphatic rings. The van der Waals surface area contributed by atoms with E-state index in [9.17, 15) is 4.79 Å². The number of nitrogens with zero attached hydrogens (tertiary/aromatic N) is 5. The van der Waals surface area contributed by atoms with Crippen molar-refractivity contribution in [2.24, 2.45) is 7.05 Å². The molecule has 2 rings (SSSR count). The van der Waals surface area contributed by atoms with E-state index in [4.69, 9.17) is 5.11 Å². The second-order valence-electron chi connectivity index (χ2n) is 3.10. The summed E-state index contributed by atoms with van der Waals surface area (Å²) in [5, 5.41) is 15.9. The molecule has 0 radical (unpaired) electrons. The van der Waals surface area contributed by atoms with Crippen molar-refractivity contribution in [2.75, 3.05) is 0 Å². The largest absolute Gasteiger partial charge is 0.476 e. The zero-order valence-corrected chi connectivity index (χ0v) is 8.03. The second-order valence-corrected chi connectivity index (χ2v) is 3.10. The lowest BCUT2D eigenvalue weighted by Crippen LogP contribution is -2.04. The number of imidazole rings is 1. The van der Waals surface area contributed by atoms with E-state index >= 15 is 0 Å². The van der Waals surface area contributed by atoms with Gasteiger partial charge in [0.15, 0.2) is 5.69 Å². The lowest BCUT2D eigenvalue weighted by atomic mass is 10.4. The molecule has 0 bridgehead atoms. The minimum atomic E-state index is -1.08. The van der Waals surface area contributed by atoms with E-state index in [1.165, 1.54) is 10.9 Å². The number of carbonyl (C=O) groups is 1. The van der Waals surface area contributed by atoms with E-state index in [2.05, 4.69) is 15.3 Å². The van der Waals surface area contributed by atoms with Crippen LogP contribution in [0.5, 0.6) is 0 Å². The van der Waals surface area contributed by atoms with Crippen molar-refractivity contribution in [2.45, 2.75) is 6.54 Å². The molecule has 7 nitrogen and oxygen atoms in total. The van der Waals surface area contributed by atoms with E-state index in [-0.39, 0.29) is 5.69 Å². The van der Waals surface area contributed by atoms with Crippen molar-refractivity contribution in [3.8, 4) is 0 Å². The molecule has 0 unspecified atom stereocenters. The highest BCUT2D eigenvalue weighted by molar-refractivity contribution is 5.84. The number of aromatic carboxylic acids is 1. The van der Waals surface area contributed by atoms with Crippen molar-refractivity contribution < 1.29 is 9.90 Å². The Morgan fingerprint density at radius 3 is 2.93 bits per heavy atom. The van der Waals surface area contributed by atoms with Crippen LogP contribution in [-0.2, 0) is 13.6 Å². The van der Waals surface area contributed by atoms with E-state index in [1.807, 2.05) is 11.6 Å². The fraction of sp³-hybridized carbons (Fsp3) is 0.250. The summed E-state index contributed by atoms with van der Waals surface area (Å²) < 4.78 is 3.29. The minimum Gasteiger partial charge on any atom is -0.476 e. The van der Waals surface area contributed by atoms with Crippen molar-refractivity contribution in [3.63, 3.8) is 0 Å². The molecule has 15 heavy (non-hydrogen) atoms. The second kappa shape index (κ2) is 3.52. The van der Waals surface area contributed by atoms with Gasteiger partial charge in [-0.3, -0.25) is 0 Å². The third-order valence-corrected chi connectivity index (χ3v) is 2.00. The molecule has 0 spiro atoms. The Kier molecular flexibility index (Phi) is 2.20. The molecule has 78 valence electrons. The predicted octanol–water partition coefficient (Wildman–Crippen LogP) is -0.242. The SMILES string of the molecule is Cn1cncc1Cn1cc(C(=O)O)nn1. The molecule has 0 amide bonds. The first kappa shape index (κ1) is 9.38. The van der Waals surface area contributed by atoms with Gasteiger partial charge in [0.25, 0.3) is 0 Å². The van der Waals surface area contributed by atoms with Gasteiger partial charge >= 0.3 is 5.97 Å². The molecule has 0 atom stereocenters. The van der Waals surface area contributed by atoms with Gasteiger partial charge in [0, 0.05) is 7.05 Å². The normalized spacial score (nSPS) is 10.5.